The third-order valence-corrected chi connectivity index (χ3v) is 5.82. The molecule has 1 atom stereocenters. The van der Waals surface area contributed by atoms with Gasteiger partial charge in [0, 0.05) is 11.1 Å². The van der Waals surface area contributed by atoms with Gasteiger partial charge in [-0.05, 0) is 36.4 Å². The highest BCUT2D eigenvalue weighted by molar-refractivity contribution is 6.46. The summed E-state index contributed by atoms with van der Waals surface area (Å²) in [5, 5.41) is 11.5. The van der Waals surface area contributed by atoms with Crippen molar-refractivity contribution in [2.75, 3.05) is 7.11 Å². The molecule has 3 aromatic rings. The Bertz CT molecular complexity index is 1190. The molecule has 1 fully saturated rings. The van der Waals surface area contributed by atoms with Gasteiger partial charge in [0.2, 0.25) is 0 Å². The average Bonchev–Trinajstić information content (AvgIpc) is 3.38. The standard InChI is InChI=1S/C23H17Cl2NO5/c1-30-17-6-3-2-5-14(17)12-26-20(18-7-4-10-31-18)19(22(28)23(26)29)21(27)13-8-9-15(24)16(25)11-13/h2-11,20,27H,12H2,1H3/b21-19-. The number of ketones is 1. The lowest BCUT2D eigenvalue weighted by atomic mass is 9.99. The van der Waals surface area contributed by atoms with Crippen molar-refractivity contribution in [3.63, 3.8) is 0 Å². The zero-order chi connectivity index (χ0) is 22.1. The molecule has 1 aliphatic heterocycles. The number of benzene rings is 2. The lowest BCUT2D eigenvalue weighted by Crippen LogP contribution is -2.29. The van der Waals surface area contributed by atoms with E-state index in [0.29, 0.717) is 22.1 Å². The number of likely N-dealkylation sites (tertiary alicyclic amines) is 1. The number of hydrogen-bond donors (Lipinski definition) is 1. The molecular weight excluding hydrogens is 441 g/mol. The van der Waals surface area contributed by atoms with E-state index in [1.807, 2.05) is 12.1 Å². The lowest BCUT2D eigenvalue weighted by Gasteiger charge is -2.24. The summed E-state index contributed by atoms with van der Waals surface area (Å²) in [6.45, 7) is 0.0815. The summed E-state index contributed by atoms with van der Waals surface area (Å²) < 4.78 is 10.9. The number of amides is 1. The summed E-state index contributed by atoms with van der Waals surface area (Å²) >= 11 is 12.0. The lowest BCUT2D eigenvalue weighted by molar-refractivity contribution is -0.140. The molecule has 8 heteroatoms. The van der Waals surface area contributed by atoms with Crippen LogP contribution in [0.4, 0.5) is 0 Å². The molecule has 1 saturated heterocycles. The van der Waals surface area contributed by atoms with E-state index in [-0.39, 0.29) is 28.5 Å². The molecule has 0 saturated carbocycles. The van der Waals surface area contributed by atoms with Gasteiger partial charge >= 0.3 is 0 Å². The molecule has 4 rings (SSSR count). The topological polar surface area (TPSA) is 80.0 Å². The quantitative estimate of drug-likeness (QED) is 0.322. The summed E-state index contributed by atoms with van der Waals surface area (Å²) in [6.07, 6.45) is 1.44. The van der Waals surface area contributed by atoms with Crippen LogP contribution in [-0.2, 0) is 16.1 Å². The van der Waals surface area contributed by atoms with Crippen LogP contribution in [0.2, 0.25) is 10.0 Å². The largest absolute Gasteiger partial charge is 0.507 e. The molecular formula is C23H17Cl2NO5. The molecule has 0 spiro atoms. The summed E-state index contributed by atoms with van der Waals surface area (Å²) in [5.74, 6) is -1.02. The zero-order valence-electron chi connectivity index (χ0n) is 16.3. The van der Waals surface area contributed by atoms with Crippen LogP contribution in [0.25, 0.3) is 5.76 Å². The Morgan fingerprint density at radius 3 is 2.55 bits per heavy atom. The average molecular weight is 458 g/mol. The number of hydrogen-bond acceptors (Lipinski definition) is 5. The fourth-order valence-electron chi connectivity index (χ4n) is 3.60. The summed E-state index contributed by atoms with van der Waals surface area (Å²) in [5.41, 5.74) is 0.882. The Morgan fingerprint density at radius 2 is 1.87 bits per heavy atom. The number of aliphatic hydroxyl groups is 1. The third kappa shape index (κ3) is 3.80. The molecule has 31 heavy (non-hydrogen) atoms. The predicted octanol–water partition coefficient (Wildman–Crippen LogP) is 5.22. The molecule has 158 valence electrons. The van der Waals surface area contributed by atoms with E-state index >= 15 is 0 Å². The summed E-state index contributed by atoms with van der Waals surface area (Å²) in [6, 6.07) is 14.0. The fourth-order valence-corrected chi connectivity index (χ4v) is 3.90. The van der Waals surface area contributed by atoms with E-state index in [1.54, 1.807) is 24.3 Å². The minimum absolute atomic E-state index is 0.0815. The van der Waals surface area contributed by atoms with Crippen molar-refractivity contribution in [2.24, 2.45) is 0 Å². The summed E-state index contributed by atoms with van der Waals surface area (Å²) in [4.78, 5) is 27.3. The zero-order valence-corrected chi connectivity index (χ0v) is 17.9. The van der Waals surface area contributed by atoms with E-state index in [9.17, 15) is 14.7 Å². The second-order valence-corrected chi connectivity index (χ2v) is 7.70. The van der Waals surface area contributed by atoms with E-state index in [4.69, 9.17) is 32.4 Å². The van der Waals surface area contributed by atoms with Crippen LogP contribution >= 0.6 is 23.2 Å². The van der Waals surface area contributed by atoms with Crippen molar-refractivity contribution >= 4 is 40.7 Å². The SMILES string of the molecule is COc1ccccc1CN1C(=O)C(=O)/C(=C(\O)c2ccc(Cl)c(Cl)c2)C1c1ccco1. The number of rotatable bonds is 5. The Labute approximate surface area is 188 Å². The highest BCUT2D eigenvalue weighted by Crippen LogP contribution is 2.41. The van der Waals surface area contributed by atoms with Crippen molar-refractivity contribution in [1.29, 1.82) is 0 Å². The molecule has 1 unspecified atom stereocenters. The number of methoxy groups -OCH3 is 1. The van der Waals surface area contributed by atoms with Gasteiger partial charge in [0.05, 0.1) is 35.5 Å². The number of furan rings is 1. The molecule has 6 nitrogen and oxygen atoms in total. The molecule has 1 aromatic heterocycles. The second-order valence-electron chi connectivity index (χ2n) is 6.88. The Morgan fingerprint density at radius 1 is 1.10 bits per heavy atom. The molecule has 1 N–H and O–H groups in total. The first-order valence-corrected chi connectivity index (χ1v) is 10.1. The van der Waals surface area contributed by atoms with E-state index in [1.165, 1.54) is 36.5 Å². The smallest absolute Gasteiger partial charge is 0.296 e. The predicted molar refractivity (Wildman–Crippen MR) is 116 cm³/mol. The first-order chi connectivity index (χ1) is 14.9. The van der Waals surface area contributed by atoms with Crippen molar-refractivity contribution in [3.8, 4) is 5.75 Å². The van der Waals surface area contributed by atoms with Crippen LogP contribution in [0.1, 0.15) is 22.9 Å². The number of para-hydroxylation sites is 1. The molecule has 1 amide bonds. The number of carbonyl (C=O) groups is 2. The molecule has 0 aliphatic carbocycles. The van der Waals surface area contributed by atoms with Gasteiger partial charge in [-0.2, -0.15) is 0 Å². The number of halogens is 2. The Kier molecular flexibility index (Phi) is 5.76. The van der Waals surface area contributed by atoms with Crippen LogP contribution < -0.4 is 4.74 Å². The molecule has 2 aromatic carbocycles. The van der Waals surface area contributed by atoms with Crippen LogP contribution in [0.15, 0.2) is 70.9 Å². The van der Waals surface area contributed by atoms with Gasteiger partial charge < -0.3 is 19.2 Å². The Balaban J connectivity index is 1.84. The van der Waals surface area contributed by atoms with E-state index in [0.717, 1.165) is 0 Å². The highest BCUT2D eigenvalue weighted by Gasteiger charge is 2.47. The second kappa shape index (κ2) is 8.49. The van der Waals surface area contributed by atoms with Gasteiger partial charge in [-0.1, -0.05) is 41.4 Å². The van der Waals surface area contributed by atoms with Crippen LogP contribution in [0.3, 0.4) is 0 Å². The monoisotopic (exact) mass is 457 g/mol. The molecule has 0 radical (unpaired) electrons. The van der Waals surface area contributed by atoms with Crippen molar-refractivity contribution in [3.05, 3.63) is 93.4 Å². The summed E-state index contributed by atoms with van der Waals surface area (Å²) in [7, 11) is 1.53. The van der Waals surface area contributed by atoms with Gasteiger partial charge in [0.1, 0.15) is 23.3 Å². The Hall–Kier alpha value is -3.22. The van der Waals surface area contributed by atoms with Crippen LogP contribution in [0.5, 0.6) is 5.75 Å². The van der Waals surface area contributed by atoms with Crippen LogP contribution in [0, 0.1) is 0 Å². The number of aliphatic hydroxyl groups excluding tert-OH is 1. The fraction of sp³-hybridized carbons (Fsp3) is 0.130. The number of ether oxygens (including phenoxy) is 1. The number of carbonyl (C=O) groups excluding carboxylic acids is 2. The third-order valence-electron chi connectivity index (χ3n) is 5.08. The minimum atomic E-state index is -0.922. The van der Waals surface area contributed by atoms with Crippen molar-refractivity contribution < 1.29 is 23.8 Å². The molecule has 0 bridgehead atoms. The molecule has 1 aliphatic rings. The maximum atomic E-state index is 13.0. The van der Waals surface area contributed by atoms with Crippen molar-refractivity contribution in [1.82, 2.24) is 4.90 Å². The van der Waals surface area contributed by atoms with Gasteiger partial charge in [-0.3, -0.25) is 9.59 Å². The van der Waals surface area contributed by atoms with E-state index in [2.05, 4.69) is 0 Å². The van der Waals surface area contributed by atoms with E-state index < -0.39 is 17.7 Å². The maximum absolute atomic E-state index is 13.0. The molecule has 2 heterocycles. The first-order valence-electron chi connectivity index (χ1n) is 9.31. The normalized spacial score (nSPS) is 17.9. The first kappa shape index (κ1) is 21.0. The van der Waals surface area contributed by atoms with Gasteiger partial charge in [0.25, 0.3) is 11.7 Å². The van der Waals surface area contributed by atoms with Gasteiger partial charge in [-0.15, -0.1) is 0 Å². The maximum Gasteiger partial charge on any atom is 0.296 e. The van der Waals surface area contributed by atoms with Crippen LogP contribution in [-0.4, -0.2) is 28.8 Å². The van der Waals surface area contributed by atoms with Gasteiger partial charge in [0.15, 0.2) is 0 Å². The van der Waals surface area contributed by atoms with Crippen molar-refractivity contribution in [2.45, 2.75) is 12.6 Å². The van der Waals surface area contributed by atoms with Gasteiger partial charge in [-0.25, -0.2) is 0 Å². The minimum Gasteiger partial charge on any atom is -0.507 e. The number of Topliss-reactive ketones (excluding diaryl/α,β-unsaturated/α-hetero) is 1. The highest BCUT2D eigenvalue weighted by atomic mass is 35.5. The number of nitrogens with zero attached hydrogens (tertiary/aromatic N) is 1.